The van der Waals surface area contributed by atoms with E-state index in [-0.39, 0.29) is 0 Å². The number of hydrogen-bond acceptors (Lipinski definition) is 3. The summed E-state index contributed by atoms with van der Waals surface area (Å²) < 4.78 is 5.34. The van der Waals surface area contributed by atoms with E-state index in [2.05, 4.69) is 12.2 Å². The van der Waals surface area contributed by atoms with Crippen molar-refractivity contribution in [3.63, 3.8) is 0 Å². The molecule has 1 aromatic heterocycles. The topological polar surface area (TPSA) is 45.4 Å². The molecule has 0 spiro atoms. The second kappa shape index (κ2) is 6.95. The van der Waals surface area contributed by atoms with Crippen molar-refractivity contribution < 1.29 is 9.52 Å². The van der Waals surface area contributed by atoms with Crippen molar-refractivity contribution in [1.82, 2.24) is 5.32 Å². The fourth-order valence-corrected chi connectivity index (χ4v) is 2.89. The summed E-state index contributed by atoms with van der Waals surface area (Å²) >= 11 is 0. The summed E-state index contributed by atoms with van der Waals surface area (Å²) in [6, 6.07) is 4.48. The van der Waals surface area contributed by atoms with Crippen LogP contribution in [0.5, 0.6) is 0 Å². The van der Waals surface area contributed by atoms with Gasteiger partial charge in [0.15, 0.2) is 0 Å². The van der Waals surface area contributed by atoms with E-state index in [1.165, 1.54) is 19.3 Å². The molecule has 0 bridgehead atoms. The van der Waals surface area contributed by atoms with E-state index >= 15 is 0 Å². The third kappa shape index (κ3) is 3.85. The van der Waals surface area contributed by atoms with Gasteiger partial charge in [0.05, 0.1) is 6.26 Å². The Labute approximate surface area is 110 Å². The van der Waals surface area contributed by atoms with Crippen LogP contribution >= 0.6 is 0 Å². The maximum atomic E-state index is 9.29. The van der Waals surface area contributed by atoms with Gasteiger partial charge < -0.3 is 14.8 Å². The fourth-order valence-electron chi connectivity index (χ4n) is 2.89. The van der Waals surface area contributed by atoms with Crippen molar-refractivity contribution >= 4 is 0 Å². The Morgan fingerprint density at radius 1 is 1.44 bits per heavy atom. The van der Waals surface area contributed by atoms with Gasteiger partial charge in [-0.2, -0.15) is 0 Å². The molecule has 3 unspecified atom stereocenters. The van der Waals surface area contributed by atoms with Gasteiger partial charge in [-0.25, -0.2) is 0 Å². The molecule has 3 heteroatoms. The first-order valence-corrected chi connectivity index (χ1v) is 7.16. The molecule has 3 atom stereocenters. The predicted octanol–water partition coefficient (Wildman–Crippen LogP) is 2.60. The van der Waals surface area contributed by atoms with Gasteiger partial charge in [0.1, 0.15) is 5.76 Å². The SMILES string of the molecule is CC(CCc1ccco1)NCC1CCCC1CO. The maximum Gasteiger partial charge on any atom is 0.103 e. The number of furan rings is 1. The van der Waals surface area contributed by atoms with Crippen LogP contribution in [0.4, 0.5) is 0 Å². The Hall–Kier alpha value is -0.800. The third-order valence-corrected chi connectivity index (χ3v) is 4.18. The molecular formula is C15H25NO2. The lowest BCUT2D eigenvalue weighted by molar-refractivity contribution is 0.190. The highest BCUT2D eigenvalue weighted by atomic mass is 16.3. The van der Waals surface area contributed by atoms with Crippen molar-refractivity contribution in [2.45, 2.75) is 45.1 Å². The zero-order valence-corrected chi connectivity index (χ0v) is 11.3. The van der Waals surface area contributed by atoms with Crippen LogP contribution in [0, 0.1) is 11.8 Å². The highest BCUT2D eigenvalue weighted by Gasteiger charge is 2.26. The fraction of sp³-hybridized carbons (Fsp3) is 0.733. The van der Waals surface area contributed by atoms with Gasteiger partial charge in [-0.1, -0.05) is 6.42 Å². The molecule has 18 heavy (non-hydrogen) atoms. The van der Waals surface area contributed by atoms with Crippen LogP contribution in [0.25, 0.3) is 0 Å². The molecule has 102 valence electrons. The molecule has 0 aliphatic heterocycles. The van der Waals surface area contributed by atoms with E-state index in [0.29, 0.717) is 24.5 Å². The summed E-state index contributed by atoms with van der Waals surface area (Å²) in [5.41, 5.74) is 0. The Kier molecular flexibility index (Phi) is 5.26. The molecule has 0 saturated heterocycles. The van der Waals surface area contributed by atoms with Crippen molar-refractivity contribution in [3.8, 4) is 0 Å². The van der Waals surface area contributed by atoms with Crippen LogP contribution in [-0.2, 0) is 6.42 Å². The molecule has 1 saturated carbocycles. The van der Waals surface area contributed by atoms with Gasteiger partial charge in [-0.05, 0) is 56.7 Å². The summed E-state index contributed by atoms with van der Waals surface area (Å²) in [5.74, 6) is 2.26. The van der Waals surface area contributed by atoms with E-state index in [1.807, 2.05) is 12.1 Å². The molecule has 1 aliphatic rings. The quantitative estimate of drug-likeness (QED) is 0.783. The largest absolute Gasteiger partial charge is 0.469 e. The molecule has 3 nitrogen and oxygen atoms in total. The van der Waals surface area contributed by atoms with Crippen molar-refractivity contribution in [3.05, 3.63) is 24.2 Å². The maximum absolute atomic E-state index is 9.29. The number of aliphatic hydroxyl groups is 1. The van der Waals surface area contributed by atoms with Crippen molar-refractivity contribution in [2.24, 2.45) is 11.8 Å². The molecule has 0 radical (unpaired) electrons. The van der Waals surface area contributed by atoms with E-state index in [4.69, 9.17) is 4.42 Å². The van der Waals surface area contributed by atoms with Gasteiger partial charge in [0.2, 0.25) is 0 Å². The molecule has 2 N–H and O–H groups in total. The standard InChI is InChI=1S/C15H25NO2/c1-12(7-8-15-6-3-9-18-15)16-10-13-4-2-5-14(13)11-17/h3,6,9,12-14,16-17H,2,4-5,7-8,10-11H2,1H3. The van der Waals surface area contributed by atoms with E-state index in [0.717, 1.165) is 25.1 Å². The lowest BCUT2D eigenvalue weighted by atomic mass is 9.96. The van der Waals surface area contributed by atoms with Gasteiger partial charge in [-0.3, -0.25) is 0 Å². The minimum Gasteiger partial charge on any atom is -0.469 e. The van der Waals surface area contributed by atoms with E-state index < -0.39 is 0 Å². The minimum atomic E-state index is 0.354. The monoisotopic (exact) mass is 251 g/mol. The average molecular weight is 251 g/mol. The molecule has 0 aromatic carbocycles. The predicted molar refractivity (Wildman–Crippen MR) is 72.4 cm³/mol. The lowest BCUT2D eigenvalue weighted by Gasteiger charge is -2.21. The zero-order valence-electron chi connectivity index (χ0n) is 11.3. The van der Waals surface area contributed by atoms with E-state index in [9.17, 15) is 5.11 Å². The number of nitrogens with one attached hydrogen (secondary N) is 1. The van der Waals surface area contributed by atoms with Crippen molar-refractivity contribution in [2.75, 3.05) is 13.2 Å². The Balaban J connectivity index is 1.63. The lowest BCUT2D eigenvalue weighted by Crippen LogP contribution is -2.33. The number of rotatable bonds is 7. The second-order valence-electron chi connectivity index (χ2n) is 5.56. The Morgan fingerprint density at radius 2 is 2.28 bits per heavy atom. The third-order valence-electron chi connectivity index (χ3n) is 4.18. The summed E-state index contributed by atoms with van der Waals surface area (Å²) in [7, 11) is 0. The van der Waals surface area contributed by atoms with Gasteiger partial charge in [0, 0.05) is 19.1 Å². The van der Waals surface area contributed by atoms with Gasteiger partial charge >= 0.3 is 0 Å². The van der Waals surface area contributed by atoms with Gasteiger partial charge in [0.25, 0.3) is 0 Å². The molecule has 1 heterocycles. The van der Waals surface area contributed by atoms with Crippen molar-refractivity contribution in [1.29, 1.82) is 0 Å². The molecule has 1 fully saturated rings. The number of aryl methyl sites for hydroxylation is 1. The summed E-state index contributed by atoms with van der Waals surface area (Å²) in [4.78, 5) is 0. The number of aliphatic hydroxyl groups excluding tert-OH is 1. The Morgan fingerprint density at radius 3 is 3.00 bits per heavy atom. The smallest absolute Gasteiger partial charge is 0.103 e. The van der Waals surface area contributed by atoms with Crippen LogP contribution in [0.2, 0.25) is 0 Å². The summed E-state index contributed by atoms with van der Waals surface area (Å²) in [6.07, 6.45) is 7.57. The first kappa shape index (κ1) is 13.6. The van der Waals surface area contributed by atoms with Crippen LogP contribution in [-0.4, -0.2) is 24.3 Å². The second-order valence-corrected chi connectivity index (χ2v) is 5.56. The molecular weight excluding hydrogens is 226 g/mol. The van der Waals surface area contributed by atoms with Crippen LogP contribution in [0.1, 0.15) is 38.4 Å². The zero-order chi connectivity index (χ0) is 12.8. The van der Waals surface area contributed by atoms with E-state index in [1.54, 1.807) is 6.26 Å². The van der Waals surface area contributed by atoms with Crippen LogP contribution in [0.15, 0.2) is 22.8 Å². The van der Waals surface area contributed by atoms with Gasteiger partial charge in [-0.15, -0.1) is 0 Å². The molecule has 0 amide bonds. The minimum absolute atomic E-state index is 0.354. The molecule has 1 aromatic rings. The average Bonchev–Trinajstić information content (AvgIpc) is 3.04. The normalized spacial score (nSPS) is 25.4. The molecule has 1 aliphatic carbocycles. The highest BCUT2D eigenvalue weighted by molar-refractivity contribution is 4.98. The summed E-state index contributed by atoms with van der Waals surface area (Å²) in [6.45, 7) is 3.63. The first-order chi connectivity index (χ1) is 8.79. The molecule has 2 rings (SSSR count). The summed E-state index contributed by atoms with van der Waals surface area (Å²) in [5, 5.41) is 12.9. The number of hydrogen-bond donors (Lipinski definition) is 2. The Bertz CT molecular complexity index is 323. The first-order valence-electron chi connectivity index (χ1n) is 7.16. The van der Waals surface area contributed by atoms with Crippen LogP contribution in [0.3, 0.4) is 0 Å². The highest BCUT2D eigenvalue weighted by Crippen LogP contribution is 2.30. The van der Waals surface area contributed by atoms with Crippen LogP contribution < -0.4 is 5.32 Å².